The van der Waals surface area contributed by atoms with Gasteiger partial charge in [0.15, 0.2) is 0 Å². The molecule has 2 nitrogen and oxygen atoms in total. The van der Waals surface area contributed by atoms with Crippen LogP contribution in [0, 0.1) is 0 Å². The summed E-state index contributed by atoms with van der Waals surface area (Å²) in [6, 6.07) is 1.27. The summed E-state index contributed by atoms with van der Waals surface area (Å²) in [7, 11) is 0. The molecule has 0 aromatic heterocycles. The van der Waals surface area contributed by atoms with Crippen molar-refractivity contribution in [3.05, 3.63) is 0 Å². The predicted octanol–water partition coefficient (Wildman–Crippen LogP) is -1.94. The van der Waals surface area contributed by atoms with Crippen molar-refractivity contribution in [2.75, 3.05) is 13.1 Å². The van der Waals surface area contributed by atoms with Gasteiger partial charge < -0.3 is 12.4 Å². The molecule has 0 spiro atoms. The molecule has 1 fully saturated rings. The Morgan fingerprint density at radius 1 is 1.00 bits per heavy atom. The summed E-state index contributed by atoms with van der Waals surface area (Å²) in [5.74, 6) is 0. The second-order valence-electron chi connectivity index (χ2n) is 3.81. The molecule has 0 radical (unpaired) electrons. The largest absolute Gasteiger partial charge is 1.00 e. The van der Waals surface area contributed by atoms with Gasteiger partial charge in [-0.25, -0.2) is 0 Å². The van der Waals surface area contributed by atoms with E-state index in [1.165, 1.54) is 17.1 Å². The van der Waals surface area contributed by atoms with Crippen LogP contribution in [-0.4, -0.2) is 38.9 Å². The molecule has 0 amide bonds. The third-order valence-electron chi connectivity index (χ3n) is 2.26. The molecule has 1 aliphatic rings. The van der Waals surface area contributed by atoms with Gasteiger partial charge in [0, 0.05) is 0 Å². The molecule has 0 aliphatic carbocycles. The Kier molecular flexibility index (Phi) is 6.00. The third kappa shape index (κ3) is 3.15. The van der Waals surface area contributed by atoms with E-state index in [0.717, 1.165) is 0 Å². The molecule has 0 atom stereocenters. The molecular formula is C9H18AuClN2. The van der Waals surface area contributed by atoms with E-state index in [0.29, 0.717) is 12.1 Å². The van der Waals surface area contributed by atoms with Crippen LogP contribution in [0.4, 0.5) is 0 Å². The van der Waals surface area contributed by atoms with E-state index in [9.17, 15) is 0 Å². The second-order valence-corrected chi connectivity index (χ2v) is 4.78. The molecule has 13 heavy (non-hydrogen) atoms. The average Bonchev–Trinajstić information content (AvgIpc) is 2.30. The van der Waals surface area contributed by atoms with Gasteiger partial charge in [0.2, 0.25) is 0 Å². The maximum Gasteiger partial charge on any atom is -1.00 e. The van der Waals surface area contributed by atoms with Crippen molar-refractivity contribution in [2.45, 2.75) is 39.8 Å². The normalized spacial score (nSPS) is 20.2. The number of rotatable bonds is 2. The Morgan fingerprint density at radius 2 is 1.31 bits per heavy atom. The van der Waals surface area contributed by atoms with E-state index in [2.05, 4.69) is 58.1 Å². The zero-order valence-electron chi connectivity index (χ0n) is 8.64. The summed E-state index contributed by atoms with van der Waals surface area (Å²) in [6.07, 6.45) is 0. The molecule has 1 aliphatic heterocycles. The van der Waals surface area contributed by atoms with Crippen LogP contribution in [0.1, 0.15) is 27.7 Å². The fourth-order valence-electron chi connectivity index (χ4n) is 1.45. The van der Waals surface area contributed by atoms with Crippen molar-refractivity contribution < 1.29 is 33.0 Å². The fraction of sp³-hybridized carbons (Fsp3) is 0.889. The van der Waals surface area contributed by atoms with Crippen LogP contribution >= 0.6 is 0 Å². The predicted molar refractivity (Wildman–Crippen MR) is 48.7 cm³/mol. The van der Waals surface area contributed by atoms with E-state index in [1.807, 2.05) is 0 Å². The van der Waals surface area contributed by atoms with Gasteiger partial charge in [-0.1, -0.05) is 0 Å². The second kappa shape index (κ2) is 5.64. The first-order chi connectivity index (χ1) is 5.54. The van der Waals surface area contributed by atoms with Crippen molar-refractivity contribution in [2.24, 2.45) is 0 Å². The van der Waals surface area contributed by atoms with Crippen molar-refractivity contribution in [1.29, 1.82) is 0 Å². The zero-order valence-corrected chi connectivity index (χ0v) is 11.6. The summed E-state index contributed by atoms with van der Waals surface area (Å²) < 4.78 is 1.39. The fourth-order valence-corrected chi connectivity index (χ4v) is 3.05. The van der Waals surface area contributed by atoms with Crippen LogP contribution in [0.2, 0.25) is 0 Å². The molecule has 1 heterocycles. The van der Waals surface area contributed by atoms with Crippen molar-refractivity contribution in [3.63, 3.8) is 0 Å². The molecule has 0 saturated carbocycles. The minimum Gasteiger partial charge on any atom is -1.00 e. The van der Waals surface area contributed by atoms with Crippen LogP contribution in [-0.2, 0) is 20.6 Å². The summed E-state index contributed by atoms with van der Waals surface area (Å²) >= 11 is 2.65. The van der Waals surface area contributed by atoms with E-state index in [-0.39, 0.29) is 12.4 Å². The number of halogens is 1. The standard InChI is InChI=1S/C9H18N2.Au.ClH/c1-8(2)10-5-6-11(7-10)9(3)4;;/h8-9H,5-6H2,1-4H3;;1H/q;+1;/p-1. The molecule has 0 N–H and O–H groups in total. The van der Waals surface area contributed by atoms with Crippen LogP contribution in [0.15, 0.2) is 0 Å². The van der Waals surface area contributed by atoms with Crippen molar-refractivity contribution in [3.8, 4) is 0 Å². The smallest absolute Gasteiger partial charge is 1.00 e. The molecule has 0 aromatic carbocycles. The quantitative estimate of drug-likeness (QED) is 0.510. The number of nitrogens with zero attached hydrogens (tertiary/aromatic N) is 2. The third-order valence-corrected chi connectivity index (χ3v) is 3.50. The van der Waals surface area contributed by atoms with Gasteiger partial charge in [-0.15, -0.1) is 0 Å². The molecule has 0 aromatic rings. The molecule has 82 valence electrons. The molecule has 0 bridgehead atoms. The monoisotopic (exact) mass is 386 g/mol. The van der Waals surface area contributed by atoms with Crippen LogP contribution in [0.3, 0.4) is 0 Å². The van der Waals surface area contributed by atoms with Gasteiger partial charge >= 0.3 is 87.2 Å². The maximum absolute atomic E-state index is 2.65. The van der Waals surface area contributed by atoms with Crippen molar-refractivity contribution in [1.82, 2.24) is 9.80 Å². The van der Waals surface area contributed by atoms with Crippen LogP contribution < -0.4 is 12.4 Å². The van der Waals surface area contributed by atoms with Crippen LogP contribution in [0.25, 0.3) is 0 Å². The van der Waals surface area contributed by atoms with Crippen LogP contribution in [0.5, 0.6) is 0 Å². The molecule has 0 unspecified atom stereocenters. The number of hydrogen-bond donors (Lipinski definition) is 0. The Bertz CT molecular complexity index is 164. The van der Waals surface area contributed by atoms with E-state index in [4.69, 9.17) is 0 Å². The van der Waals surface area contributed by atoms with Gasteiger partial charge in [0.25, 0.3) is 0 Å². The Balaban J connectivity index is 0.00000144. The minimum absolute atomic E-state index is 0. The topological polar surface area (TPSA) is 6.48 Å². The summed E-state index contributed by atoms with van der Waals surface area (Å²) in [5, 5.41) is 0. The van der Waals surface area contributed by atoms with E-state index >= 15 is 0 Å². The van der Waals surface area contributed by atoms with Gasteiger partial charge in [0.05, 0.1) is 0 Å². The number of hydrogen-bond acceptors (Lipinski definition) is 2. The Hall–Kier alpha value is 0.820. The van der Waals surface area contributed by atoms with E-state index < -0.39 is 0 Å². The molecular weight excluding hydrogens is 369 g/mol. The molecule has 1 saturated heterocycles. The van der Waals surface area contributed by atoms with Gasteiger partial charge in [-0.3, -0.25) is 0 Å². The first kappa shape index (κ1) is 13.8. The molecule has 4 heteroatoms. The molecule has 1 rings (SSSR count). The van der Waals surface area contributed by atoms with Gasteiger partial charge in [0.1, 0.15) is 0 Å². The minimum atomic E-state index is 0. The SMILES string of the molecule is CC(C)N1CCN(C(C)C)[C]1=[Au+].[Cl-]. The van der Waals surface area contributed by atoms with Gasteiger partial charge in [-0.2, -0.15) is 0 Å². The Labute approximate surface area is 99.5 Å². The first-order valence-electron chi connectivity index (χ1n) is 4.56. The average molecular weight is 387 g/mol. The summed E-state index contributed by atoms with van der Waals surface area (Å²) in [4.78, 5) is 4.90. The van der Waals surface area contributed by atoms with Crippen molar-refractivity contribution >= 4 is 3.97 Å². The summed E-state index contributed by atoms with van der Waals surface area (Å²) in [6.45, 7) is 11.4. The zero-order chi connectivity index (χ0) is 9.30. The van der Waals surface area contributed by atoms with Gasteiger partial charge in [-0.05, 0) is 0 Å². The summed E-state index contributed by atoms with van der Waals surface area (Å²) in [5.41, 5.74) is 0. The first-order valence-corrected chi connectivity index (χ1v) is 5.64. The van der Waals surface area contributed by atoms with E-state index in [1.54, 1.807) is 0 Å². The maximum atomic E-state index is 2.65. The Morgan fingerprint density at radius 3 is 1.46 bits per heavy atom.